The third-order valence-electron chi connectivity index (χ3n) is 3.34. The summed E-state index contributed by atoms with van der Waals surface area (Å²) in [5, 5.41) is 13.1. The second-order valence-corrected chi connectivity index (χ2v) is 6.03. The average molecular weight is 332 g/mol. The lowest BCUT2D eigenvalue weighted by Gasteiger charge is -2.14. The van der Waals surface area contributed by atoms with Crippen molar-refractivity contribution in [2.45, 2.75) is 18.7 Å². The summed E-state index contributed by atoms with van der Waals surface area (Å²) in [4.78, 5) is 18.0. The van der Waals surface area contributed by atoms with Gasteiger partial charge in [0.2, 0.25) is 0 Å². The summed E-state index contributed by atoms with van der Waals surface area (Å²) in [6.45, 7) is 1.18. The smallest absolute Gasteiger partial charge is 0.391 e. The molecular weight excluding hydrogens is 321 g/mol. The van der Waals surface area contributed by atoms with Gasteiger partial charge in [-0.2, -0.15) is 13.2 Å². The average Bonchev–Trinajstić information content (AvgIpc) is 3.11. The number of thiophene rings is 1. The molecule has 1 aromatic heterocycles. The molecule has 5 nitrogen and oxygen atoms in total. The fraction of sp³-hybridized carbons (Fsp3) is 0.385. The van der Waals surface area contributed by atoms with Crippen LogP contribution in [0.5, 0.6) is 0 Å². The monoisotopic (exact) mass is 332 g/mol. The van der Waals surface area contributed by atoms with Crippen molar-refractivity contribution in [3.05, 3.63) is 22.6 Å². The van der Waals surface area contributed by atoms with E-state index in [1.54, 1.807) is 12.1 Å². The first-order valence-electron chi connectivity index (χ1n) is 6.46. The lowest BCUT2D eigenvalue weighted by Crippen LogP contribution is -2.24. The van der Waals surface area contributed by atoms with Crippen LogP contribution in [0.2, 0.25) is 0 Å². The summed E-state index contributed by atoms with van der Waals surface area (Å²) in [5.74, 6) is -1.11. The Morgan fingerprint density at radius 2 is 2.23 bits per heavy atom. The Balaban J connectivity index is 1.84. The molecule has 2 aliphatic rings. The Labute approximate surface area is 127 Å². The van der Waals surface area contributed by atoms with Crippen molar-refractivity contribution >= 4 is 34.1 Å². The number of β-amino-alcohol motifs (C(OH)–C–C–N with tert-alkyl or cyclic N) is 1. The van der Waals surface area contributed by atoms with Gasteiger partial charge in [-0.25, -0.2) is 4.79 Å². The molecule has 3 heterocycles. The molecule has 9 heteroatoms. The Kier molecular flexibility index (Phi) is 3.69. The lowest BCUT2D eigenvalue weighted by atomic mass is 10.1. The number of halogens is 3. The van der Waals surface area contributed by atoms with E-state index >= 15 is 0 Å². The highest BCUT2D eigenvalue weighted by atomic mass is 32.1. The molecule has 1 fully saturated rings. The van der Waals surface area contributed by atoms with Crippen molar-refractivity contribution in [1.29, 1.82) is 0 Å². The maximum Gasteiger partial charge on any atom is 0.437 e. The Bertz CT molecular complexity index is 666. The first-order chi connectivity index (χ1) is 10.3. The summed E-state index contributed by atoms with van der Waals surface area (Å²) in [7, 11) is 0. The van der Waals surface area contributed by atoms with Crippen LogP contribution < -0.4 is 4.90 Å². The Hall–Kier alpha value is -1.87. The minimum atomic E-state index is -4.74. The van der Waals surface area contributed by atoms with Crippen molar-refractivity contribution < 1.29 is 27.9 Å². The number of anilines is 1. The molecule has 118 valence electrons. The first kappa shape index (κ1) is 15.0. The zero-order valence-electron chi connectivity index (χ0n) is 11.1. The highest BCUT2D eigenvalue weighted by molar-refractivity contribution is 7.17. The van der Waals surface area contributed by atoms with Gasteiger partial charge < -0.3 is 14.8 Å². The minimum absolute atomic E-state index is 0.391. The third-order valence-corrected chi connectivity index (χ3v) is 4.43. The van der Waals surface area contributed by atoms with Crippen LogP contribution in [-0.4, -0.2) is 42.2 Å². The Morgan fingerprint density at radius 3 is 2.86 bits per heavy atom. The van der Waals surface area contributed by atoms with Gasteiger partial charge in [0.15, 0.2) is 5.71 Å². The molecule has 22 heavy (non-hydrogen) atoms. The first-order valence-corrected chi connectivity index (χ1v) is 7.27. The van der Waals surface area contributed by atoms with Gasteiger partial charge in [-0.3, -0.25) is 0 Å². The molecule has 0 bridgehead atoms. The number of aliphatic hydroxyl groups is 1. The van der Waals surface area contributed by atoms with Gasteiger partial charge in [0.25, 0.3) is 0 Å². The molecule has 3 rings (SSSR count). The van der Waals surface area contributed by atoms with Crippen LogP contribution in [0.4, 0.5) is 18.2 Å². The molecule has 1 N–H and O–H groups in total. The van der Waals surface area contributed by atoms with Crippen molar-refractivity contribution in [3.63, 3.8) is 0 Å². The minimum Gasteiger partial charge on any atom is -0.391 e. The second-order valence-electron chi connectivity index (χ2n) is 4.94. The number of nitrogens with zero attached hydrogens (tertiary/aromatic N) is 2. The van der Waals surface area contributed by atoms with Crippen molar-refractivity contribution in [2.75, 3.05) is 18.0 Å². The number of carbonyl (C=O) groups is 1. The van der Waals surface area contributed by atoms with Crippen LogP contribution >= 0.6 is 11.3 Å². The molecule has 1 atom stereocenters. The van der Waals surface area contributed by atoms with Gasteiger partial charge in [0.05, 0.1) is 16.7 Å². The van der Waals surface area contributed by atoms with E-state index in [4.69, 9.17) is 0 Å². The highest BCUT2D eigenvalue weighted by Gasteiger charge is 2.45. The molecular formula is C13H11F3N2O3S. The van der Waals surface area contributed by atoms with Crippen LogP contribution in [0.3, 0.4) is 0 Å². The highest BCUT2D eigenvalue weighted by Crippen LogP contribution is 2.33. The SMILES string of the molecule is O=C1ON=C(C(F)(F)F)/C1=C\c1ccc(N2CCC(O)C2)s1. The van der Waals surface area contributed by atoms with Crippen LogP contribution in [0, 0.1) is 0 Å². The van der Waals surface area contributed by atoms with E-state index in [9.17, 15) is 23.1 Å². The van der Waals surface area contributed by atoms with E-state index < -0.39 is 29.5 Å². The van der Waals surface area contributed by atoms with Crippen LogP contribution in [-0.2, 0) is 9.63 Å². The number of carbonyl (C=O) groups excluding carboxylic acids is 1. The predicted octanol–water partition coefficient (Wildman–Crippen LogP) is 2.18. The normalized spacial score (nSPS) is 24.1. The van der Waals surface area contributed by atoms with Gasteiger partial charge in [-0.15, -0.1) is 11.3 Å². The maximum atomic E-state index is 12.7. The number of hydrogen-bond donors (Lipinski definition) is 1. The fourth-order valence-corrected chi connectivity index (χ4v) is 3.27. The molecule has 0 spiro atoms. The van der Waals surface area contributed by atoms with Gasteiger partial charge in [0.1, 0.15) is 0 Å². The van der Waals surface area contributed by atoms with Crippen LogP contribution in [0.15, 0.2) is 22.9 Å². The van der Waals surface area contributed by atoms with E-state index in [1.165, 1.54) is 11.3 Å². The summed E-state index contributed by atoms with van der Waals surface area (Å²) in [5.41, 5.74) is -1.91. The largest absolute Gasteiger partial charge is 0.437 e. The lowest BCUT2D eigenvalue weighted by molar-refractivity contribution is -0.136. The van der Waals surface area contributed by atoms with Crippen molar-refractivity contribution in [3.8, 4) is 0 Å². The van der Waals surface area contributed by atoms with Crippen LogP contribution in [0.25, 0.3) is 6.08 Å². The molecule has 1 saturated heterocycles. The topological polar surface area (TPSA) is 62.1 Å². The number of rotatable bonds is 2. The summed E-state index contributed by atoms with van der Waals surface area (Å²) < 4.78 is 38.2. The maximum absolute atomic E-state index is 12.7. The number of aliphatic hydroxyl groups excluding tert-OH is 1. The standard InChI is InChI=1S/C13H11F3N2O3S/c14-13(15,16)11-9(12(20)21-17-11)5-8-1-2-10(22-8)18-4-3-7(19)6-18/h1-2,5,7,19H,3-4,6H2/b9-5+. The van der Waals surface area contributed by atoms with E-state index in [0.717, 1.165) is 11.1 Å². The van der Waals surface area contributed by atoms with Gasteiger partial charge in [-0.1, -0.05) is 5.16 Å². The van der Waals surface area contributed by atoms with Crippen LogP contribution in [0.1, 0.15) is 11.3 Å². The van der Waals surface area contributed by atoms with E-state index in [1.807, 2.05) is 4.90 Å². The molecule has 0 aromatic carbocycles. The van der Waals surface area contributed by atoms with Gasteiger partial charge in [-0.05, 0) is 24.6 Å². The van der Waals surface area contributed by atoms with Gasteiger partial charge >= 0.3 is 12.1 Å². The number of hydrogen-bond acceptors (Lipinski definition) is 6. The molecule has 0 amide bonds. The van der Waals surface area contributed by atoms with E-state index in [-0.39, 0.29) is 0 Å². The van der Waals surface area contributed by atoms with E-state index in [2.05, 4.69) is 9.99 Å². The van der Waals surface area contributed by atoms with Gasteiger partial charge in [0, 0.05) is 18.0 Å². The number of oxime groups is 1. The predicted molar refractivity (Wildman–Crippen MR) is 74.7 cm³/mol. The summed E-state index contributed by atoms with van der Waals surface area (Å²) in [6, 6.07) is 3.37. The molecule has 2 aliphatic heterocycles. The molecule has 1 unspecified atom stereocenters. The Morgan fingerprint density at radius 1 is 1.45 bits per heavy atom. The quantitative estimate of drug-likeness (QED) is 0.666. The van der Waals surface area contributed by atoms with Crippen molar-refractivity contribution in [2.24, 2.45) is 5.16 Å². The zero-order chi connectivity index (χ0) is 15.9. The molecule has 0 aliphatic carbocycles. The summed E-state index contributed by atoms with van der Waals surface area (Å²) >= 11 is 1.24. The fourth-order valence-electron chi connectivity index (χ4n) is 2.29. The summed E-state index contributed by atoms with van der Waals surface area (Å²) in [6.07, 6.45) is -3.34. The third kappa shape index (κ3) is 2.86. The zero-order valence-corrected chi connectivity index (χ0v) is 11.9. The molecule has 0 radical (unpaired) electrons. The molecule has 0 saturated carbocycles. The number of alkyl halides is 3. The molecule has 1 aromatic rings. The van der Waals surface area contributed by atoms with Crippen molar-refractivity contribution in [1.82, 2.24) is 0 Å². The second kappa shape index (κ2) is 5.40. The van der Waals surface area contributed by atoms with E-state index in [0.29, 0.717) is 24.4 Å².